The molecule has 2 aliphatic carbocycles. The van der Waals surface area contributed by atoms with Gasteiger partial charge in [0, 0.05) is 19.6 Å². The van der Waals surface area contributed by atoms with Crippen molar-refractivity contribution in [1.82, 2.24) is 4.90 Å². The topological polar surface area (TPSA) is 23.5 Å². The van der Waals surface area contributed by atoms with Crippen LogP contribution in [-0.2, 0) is 0 Å². The van der Waals surface area contributed by atoms with E-state index < -0.39 is 5.60 Å². The minimum atomic E-state index is -0.441. The summed E-state index contributed by atoms with van der Waals surface area (Å²) in [5.74, 6) is 1.88. The van der Waals surface area contributed by atoms with Crippen LogP contribution in [0.3, 0.4) is 0 Å². The van der Waals surface area contributed by atoms with Crippen LogP contribution >= 0.6 is 0 Å². The monoisotopic (exact) mass is 225 g/mol. The molecule has 0 aromatic carbocycles. The minimum absolute atomic E-state index is 0.441. The molecule has 2 saturated carbocycles. The Kier molecular flexibility index (Phi) is 3.91. The van der Waals surface area contributed by atoms with Gasteiger partial charge in [-0.15, -0.1) is 0 Å². The fourth-order valence-electron chi connectivity index (χ4n) is 2.42. The average molecular weight is 225 g/mol. The molecule has 94 valence electrons. The van der Waals surface area contributed by atoms with Crippen LogP contribution in [0.25, 0.3) is 0 Å². The Bertz CT molecular complexity index is 203. The highest BCUT2D eigenvalue weighted by Crippen LogP contribution is 2.34. The Labute approximate surface area is 100 Å². The molecule has 2 rings (SSSR count). The summed E-state index contributed by atoms with van der Waals surface area (Å²) in [5, 5.41) is 10.4. The SMILES string of the molecule is CCC(O)(CC)CN(CC1CC1)CC1CC1. The summed E-state index contributed by atoms with van der Waals surface area (Å²) in [6, 6.07) is 0. The number of hydrogen-bond acceptors (Lipinski definition) is 2. The second-order valence-corrected chi connectivity index (χ2v) is 6.01. The zero-order valence-electron chi connectivity index (χ0n) is 10.9. The Morgan fingerprint density at radius 1 is 1.00 bits per heavy atom. The second kappa shape index (κ2) is 5.05. The zero-order chi connectivity index (χ0) is 11.6. The first-order valence-electron chi connectivity index (χ1n) is 7.10. The van der Waals surface area contributed by atoms with E-state index in [-0.39, 0.29) is 0 Å². The molecule has 2 heteroatoms. The van der Waals surface area contributed by atoms with Crippen molar-refractivity contribution < 1.29 is 5.11 Å². The second-order valence-electron chi connectivity index (χ2n) is 6.01. The molecule has 1 N–H and O–H groups in total. The summed E-state index contributed by atoms with van der Waals surface area (Å²) in [6.07, 6.45) is 7.43. The third-order valence-electron chi connectivity index (χ3n) is 4.26. The number of aliphatic hydroxyl groups is 1. The lowest BCUT2D eigenvalue weighted by molar-refractivity contribution is -0.00563. The number of hydrogen-bond donors (Lipinski definition) is 1. The molecule has 16 heavy (non-hydrogen) atoms. The maximum atomic E-state index is 10.4. The Hall–Kier alpha value is -0.0800. The molecule has 0 aliphatic heterocycles. The molecule has 0 atom stereocenters. The first-order chi connectivity index (χ1) is 7.65. The fourth-order valence-corrected chi connectivity index (χ4v) is 2.42. The van der Waals surface area contributed by atoms with Crippen LogP contribution in [0.1, 0.15) is 52.4 Å². The molecule has 0 radical (unpaired) electrons. The normalized spacial score (nSPS) is 21.8. The van der Waals surface area contributed by atoms with E-state index in [1.807, 2.05) is 0 Å². The summed E-state index contributed by atoms with van der Waals surface area (Å²) >= 11 is 0. The molecule has 2 fully saturated rings. The van der Waals surface area contributed by atoms with E-state index in [9.17, 15) is 5.11 Å². The predicted octanol–water partition coefficient (Wildman–Crippen LogP) is 2.66. The molecule has 0 spiro atoms. The van der Waals surface area contributed by atoms with Crippen LogP contribution in [0.2, 0.25) is 0 Å². The molecule has 2 aliphatic rings. The molecule has 0 heterocycles. The van der Waals surface area contributed by atoms with E-state index in [1.165, 1.54) is 38.8 Å². The van der Waals surface area contributed by atoms with Gasteiger partial charge in [-0.25, -0.2) is 0 Å². The van der Waals surface area contributed by atoms with Gasteiger partial charge in [-0.2, -0.15) is 0 Å². The highest BCUT2D eigenvalue weighted by Gasteiger charge is 2.33. The zero-order valence-corrected chi connectivity index (χ0v) is 10.9. The summed E-state index contributed by atoms with van der Waals surface area (Å²) in [7, 11) is 0. The quantitative estimate of drug-likeness (QED) is 0.686. The first-order valence-corrected chi connectivity index (χ1v) is 7.10. The molecule has 0 saturated heterocycles. The lowest BCUT2D eigenvalue weighted by Gasteiger charge is -2.33. The standard InChI is InChI=1S/C14H27NO/c1-3-14(16,4-2)11-15(9-12-5-6-12)10-13-7-8-13/h12-13,16H,3-11H2,1-2H3. The fraction of sp³-hybridized carbons (Fsp3) is 1.00. The number of rotatable bonds is 8. The summed E-state index contributed by atoms with van der Waals surface area (Å²) in [5.41, 5.74) is -0.441. The summed E-state index contributed by atoms with van der Waals surface area (Å²) in [4.78, 5) is 2.54. The third-order valence-corrected chi connectivity index (χ3v) is 4.26. The van der Waals surface area contributed by atoms with Gasteiger partial charge < -0.3 is 5.11 Å². The van der Waals surface area contributed by atoms with Gasteiger partial charge in [0.1, 0.15) is 0 Å². The van der Waals surface area contributed by atoms with Crippen molar-refractivity contribution in [2.24, 2.45) is 11.8 Å². The van der Waals surface area contributed by atoms with Gasteiger partial charge in [-0.1, -0.05) is 13.8 Å². The smallest absolute Gasteiger partial charge is 0.0768 e. The molecule has 0 amide bonds. The molecule has 0 aromatic heterocycles. The maximum absolute atomic E-state index is 10.4. The van der Waals surface area contributed by atoms with E-state index >= 15 is 0 Å². The van der Waals surface area contributed by atoms with Gasteiger partial charge in [0.15, 0.2) is 0 Å². The molecular weight excluding hydrogens is 198 g/mol. The van der Waals surface area contributed by atoms with E-state index in [2.05, 4.69) is 18.7 Å². The van der Waals surface area contributed by atoms with Gasteiger partial charge in [0.2, 0.25) is 0 Å². The maximum Gasteiger partial charge on any atom is 0.0768 e. The van der Waals surface area contributed by atoms with E-state index in [0.29, 0.717) is 0 Å². The van der Waals surface area contributed by atoms with Gasteiger partial charge in [-0.3, -0.25) is 4.90 Å². The van der Waals surface area contributed by atoms with Gasteiger partial charge in [0.25, 0.3) is 0 Å². The third kappa shape index (κ3) is 3.74. The van der Waals surface area contributed by atoms with Gasteiger partial charge in [-0.05, 0) is 50.4 Å². The van der Waals surface area contributed by atoms with Crippen LogP contribution in [0, 0.1) is 11.8 Å². The molecule has 0 unspecified atom stereocenters. The minimum Gasteiger partial charge on any atom is -0.389 e. The van der Waals surface area contributed by atoms with Crippen LogP contribution in [-0.4, -0.2) is 35.2 Å². The summed E-state index contributed by atoms with van der Waals surface area (Å²) in [6.45, 7) is 7.58. The average Bonchev–Trinajstić information content (AvgIpc) is 3.13. The van der Waals surface area contributed by atoms with E-state index in [1.54, 1.807) is 0 Å². The van der Waals surface area contributed by atoms with Crippen molar-refractivity contribution in [3.05, 3.63) is 0 Å². The first kappa shape index (κ1) is 12.4. The van der Waals surface area contributed by atoms with Crippen molar-refractivity contribution in [3.63, 3.8) is 0 Å². The van der Waals surface area contributed by atoms with Crippen LogP contribution in [0.4, 0.5) is 0 Å². The van der Waals surface area contributed by atoms with Crippen molar-refractivity contribution >= 4 is 0 Å². The van der Waals surface area contributed by atoms with E-state index in [4.69, 9.17) is 0 Å². The Morgan fingerprint density at radius 3 is 1.75 bits per heavy atom. The van der Waals surface area contributed by atoms with Crippen molar-refractivity contribution in [2.75, 3.05) is 19.6 Å². The predicted molar refractivity (Wildman–Crippen MR) is 67.4 cm³/mol. The summed E-state index contributed by atoms with van der Waals surface area (Å²) < 4.78 is 0. The molecular formula is C14H27NO. The van der Waals surface area contributed by atoms with Crippen LogP contribution in [0.15, 0.2) is 0 Å². The van der Waals surface area contributed by atoms with E-state index in [0.717, 1.165) is 31.2 Å². The van der Waals surface area contributed by atoms with Crippen molar-refractivity contribution in [1.29, 1.82) is 0 Å². The highest BCUT2D eigenvalue weighted by atomic mass is 16.3. The lowest BCUT2D eigenvalue weighted by atomic mass is 9.96. The van der Waals surface area contributed by atoms with Crippen molar-refractivity contribution in [2.45, 2.75) is 58.0 Å². The largest absolute Gasteiger partial charge is 0.389 e. The van der Waals surface area contributed by atoms with Crippen LogP contribution in [0.5, 0.6) is 0 Å². The molecule has 0 aromatic rings. The molecule has 0 bridgehead atoms. The highest BCUT2D eigenvalue weighted by molar-refractivity contribution is 4.87. The Balaban J connectivity index is 1.83. The van der Waals surface area contributed by atoms with Gasteiger partial charge >= 0.3 is 0 Å². The van der Waals surface area contributed by atoms with Gasteiger partial charge in [0.05, 0.1) is 5.60 Å². The molecule has 2 nitrogen and oxygen atoms in total. The lowest BCUT2D eigenvalue weighted by Crippen LogP contribution is -2.44. The number of nitrogens with zero attached hydrogens (tertiary/aromatic N) is 1. The van der Waals surface area contributed by atoms with Crippen molar-refractivity contribution in [3.8, 4) is 0 Å². The van der Waals surface area contributed by atoms with Crippen LogP contribution < -0.4 is 0 Å². The Morgan fingerprint density at radius 2 is 1.44 bits per heavy atom.